The van der Waals surface area contributed by atoms with Crippen LogP contribution in [-0.4, -0.2) is 38.7 Å². The Morgan fingerprint density at radius 1 is 1.13 bits per heavy atom. The van der Waals surface area contributed by atoms with Crippen LogP contribution in [0.5, 0.6) is 0 Å². The minimum Gasteiger partial charge on any atom is -0.334 e. The van der Waals surface area contributed by atoms with Crippen LogP contribution < -0.4 is 5.56 Å². The lowest BCUT2D eigenvalue weighted by atomic mass is 9.99. The van der Waals surface area contributed by atoms with Gasteiger partial charge in [-0.2, -0.15) is 5.10 Å². The molecule has 1 aromatic carbocycles. The number of carbonyl (C=O) groups excluding carboxylic acids is 1. The van der Waals surface area contributed by atoms with Crippen molar-refractivity contribution in [2.75, 3.05) is 13.1 Å². The van der Waals surface area contributed by atoms with Gasteiger partial charge in [0.25, 0.3) is 11.5 Å². The van der Waals surface area contributed by atoms with Crippen LogP contribution in [0.2, 0.25) is 0 Å². The highest BCUT2D eigenvalue weighted by atomic mass is 32.1. The molecule has 0 N–H and O–H groups in total. The summed E-state index contributed by atoms with van der Waals surface area (Å²) in [4.78, 5) is 32.7. The lowest BCUT2D eigenvalue weighted by Gasteiger charge is -2.26. The van der Waals surface area contributed by atoms with Gasteiger partial charge < -0.3 is 4.90 Å². The number of halogens is 1. The number of aryl methyl sites for hydroxylation is 3. The Morgan fingerprint density at radius 3 is 2.48 bits per heavy atom. The fourth-order valence-electron chi connectivity index (χ4n) is 3.73. The van der Waals surface area contributed by atoms with Crippen LogP contribution >= 0.6 is 11.3 Å². The normalized spacial score (nSPS) is 14.0. The zero-order valence-corrected chi connectivity index (χ0v) is 18.7. The van der Waals surface area contributed by atoms with Gasteiger partial charge in [0.05, 0.1) is 17.0 Å². The minimum absolute atomic E-state index is 0.0871. The molecule has 160 valence electrons. The molecule has 0 spiro atoms. The summed E-state index contributed by atoms with van der Waals surface area (Å²) >= 11 is 1.25. The summed E-state index contributed by atoms with van der Waals surface area (Å²) < 4.78 is 14.5. The number of rotatable bonds is 3. The molecule has 1 aliphatic heterocycles. The highest BCUT2D eigenvalue weighted by molar-refractivity contribution is 7.17. The van der Waals surface area contributed by atoms with E-state index in [2.05, 4.69) is 10.1 Å². The van der Waals surface area contributed by atoms with Crippen LogP contribution in [0, 0.1) is 26.6 Å². The second kappa shape index (κ2) is 8.19. The molecule has 0 saturated carbocycles. The first kappa shape index (κ1) is 21.1. The summed E-state index contributed by atoms with van der Waals surface area (Å²) in [5.41, 5.74) is 4.52. The Bertz CT molecular complexity index is 1260. The molecule has 3 aromatic rings. The zero-order chi connectivity index (χ0) is 22.3. The Labute approximate surface area is 183 Å². The van der Waals surface area contributed by atoms with E-state index in [0.717, 1.165) is 22.4 Å². The average Bonchev–Trinajstić information content (AvgIpc) is 3.14. The molecular formula is C23H23FN4O2S. The van der Waals surface area contributed by atoms with E-state index in [1.165, 1.54) is 28.2 Å². The minimum atomic E-state index is -0.261. The molecular weight excluding hydrogens is 415 g/mol. The summed E-state index contributed by atoms with van der Waals surface area (Å²) in [5, 5.41) is 4.76. The van der Waals surface area contributed by atoms with Gasteiger partial charge in [0.1, 0.15) is 15.7 Å². The summed E-state index contributed by atoms with van der Waals surface area (Å²) in [7, 11) is 1.61. The van der Waals surface area contributed by atoms with Crippen LogP contribution in [0.15, 0.2) is 35.1 Å². The number of aromatic nitrogens is 3. The van der Waals surface area contributed by atoms with Gasteiger partial charge in [-0.3, -0.25) is 9.59 Å². The number of hydrogen-bond acceptors (Lipinski definition) is 5. The van der Waals surface area contributed by atoms with Crippen LogP contribution in [-0.2, 0) is 7.05 Å². The number of nitrogens with zero attached hydrogens (tertiary/aromatic N) is 4. The van der Waals surface area contributed by atoms with E-state index in [0.29, 0.717) is 40.7 Å². The molecule has 0 atom stereocenters. The van der Waals surface area contributed by atoms with Crippen molar-refractivity contribution in [3.8, 4) is 10.6 Å². The predicted octanol–water partition coefficient (Wildman–Crippen LogP) is 3.90. The molecule has 2 aromatic heterocycles. The van der Waals surface area contributed by atoms with E-state index >= 15 is 0 Å². The van der Waals surface area contributed by atoms with Crippen LogP contribution in [0.25, 0.3) is 16.1 Å². The SMILES string of the molecule is Cc1nc(-c2c(C)c(C)nn(C)c2=O)sc1C(=O)N1CC=C(c2ccc(F)cc2)CC1. The van der Waals surface area contributed by atoms with Gasteiger partial charge >= 0.3 is 0 Å². The van der Waals surface area contributed by atoms with E-state index in [1.807, 2.05) is 19.9 Å². The van der Waals surface area contributed by atoms with Gasteiger partial charge in [-0.15, -0.1) is 11.3 Å². The maximum Gasteiger partial charge on any atom is 0.277 e. The number of benzene rings is 1. The fourth-order valence-corrected chi connectivity index (χ4v) is 4.85. The third kappa shape index (κ3) is 3.95. The maximum absolute atomic E-state index is 13.2. The molecule has 0 unspecified atom stereocenters. The molecule has 1 aliphatic rings. The van der Waals surface area contributed by atoms with E-state index in [1.54, 1.807) is 31.0 Å². The highest BCUT2D eigenvalue weighted by Gasteiger charge is 2.25. The number of carbonyl (C=O) groups is 1. The Kier molecular flexibility index (Phi) is 5.58. The van der Waals surface area contributed by atoms with Crippen molar-refractivity contribution in [1.82, 2.24) is 19.7 Å². The molecule has 8 heteroatoms. The smallest absolute Gasteiger partial charge is 0.277 e. The zero-order valence-electron chi connectivity index (χ0n) is 17.9. The van der Waals surface area contributed by atoms with E-state index in [4.69, 9.17) is 0 Å². The van der Waals surface area contributed by atoms with Crippen molar-refractivity contribution in [3.05, 3.63) is 73.9 Å². The van der Waals surface area contributed by atoms with E-state index < -0.39 is 0 Å². The van der Waals surface area contributed by atoms with Crippen LogP contribution in [0.3, 0.4) is 0 Å². The second-order valence-corrected chi connectivity index (χ2v) is 8.68. The first-order valence-electron chi connectivity index (χ1n) is 10.0. The van der Waals surface area contributed by atoms with Crippen LogP contribution in [0.4, 0.5) is 4.39 Å². The summed E-state index contributed by atoms with van der Waals surface area (Å²) in [5.74, 6) is -0.348. The molecule has 0 radical (unpaired) electrons. The predicted molar refractivity (Wildman–Crippen MR) is 120 cm³/mol. The quantitative estimate of drug-likeness (QED) is 0.622. The standard InChI is InChI=1S/C23H23FN4O2S/c1-13-14(2)26-27(4)22(29)19(13)21-25-15(3)20(31-21)23(30)28-11-9-17(10-12-28)16-5-7-18(24)8-6-16/h5-9H,10-12H2,1-4H3. The fraction of sp³-hybridized carbons (Fsp3) is 0.304. The van der Waals surface area contributed by atoms with Crippen molar-refractivity contribution in [3.63, 3.8) is 0 Å². The number of amides is 1. The molecule has 31 heavy (non-hydrogen) atoms. The summed E-state index contributed by atoms with van der Waals surface area (Å²) in [6, 6.07) is 6.42. The summed E-state index contributed by atoms with van der Waals surface area (Å²) in [6.45, 7) is 6.55. The Hall–Kier alpha value is -3.13. The maximum atomic E-state index is 13.2. The molecule has 0 fully saturated rings. The van der Waals surface area contributed by atoms with Crippen molar-refractivity contribution < 1.29 is 9.18 Å². The lowest BCUT2D eigenvalue weighted by molar-refractivity contribution is 0.0776. The largest absolute Gasteiger partial charge is 0.334 e. The first-order chi connectivity index (χ1) is 14.8. The Morgan fingerprint density at radius 2 is 1.84 bits per heavy atom. The van der Waals surface area contributed by atoms with Crippen LogP contribution in [0.1, 0.15) is 38.6 Å². The first-order valence-corrected chi connectivity index (χ1v) is 10.8. The van der Waals surface area contributed by atoms with Crippen molar-refractivity contribution in [2.45, 2.75) is 27.2 Å². The number of hydrogen-bond donors (Lipinski definition) is 0. The molecule has 6 nitrogen and oxygen atoms in total. The molecule has 0 aliphatic carbocycles. The molecule has 4 rings (SSSR count). The third-order valence-corrected chi connectivity index (χ3v) is 6.80. The summed E-state index contributed by atoms with van der Waals surface area (Å²) in [6.07, 6.45) is 2.71. The highest BCUT2D eigenvalue weighted by Crippen LogP contribution is 2.31. The van der Waals surface area contributed by atoms with Gasteiger partial charge in [0.15, 0.2) is 0 Å². The monoisotopic (exact) mass is 438 g/mol. The Balaban J connectivity index is 1.60. The molecule has 0 bridgehead atoms. The van der Waals surface area contributed by atoms with Crippen molar-refractivity contribution >= 4 is 22.8 Å². The van der Waals surface area contributed by atoms with Gasteiger partial charge in [-0.1, -0.05) is 18.2 Å². The number of thiazole rings is 1. The molecule has 0 saturated heterocycles. The lowest BCUT2D eigenvalue weighted by Crippen LogP contribution is -2.34. The van der Waals surface area contributed by atoms with Gasteiger partial charge in [0.2, 0.25) is 0 Å². The molecule has 1 amide bonds. The third-order valence-electron chi connectivity index (χ3n) is 5.64. The topological polar surface area (TPSA) is 68.1 Å². The van der Waals surface area contributed by atoms with Gasteiger partial charge in [-0.25, -0.2) is 14.1 Å². The van der Waals surface area contributed by atoms with E-state index in [-0.39, 0.29) is 17.3 Å². The second-order valence-electron chi connectivity index (χ2n) is 7.69. The van der Waals surface area contributed by atoms with Gasteiger partial charge in [-0.05, 0) is 56.0 Å². The van der Waals surface area contributed by atoms with Crippen molar-refractivity contribution in [1.29, 1.82) is 0 Å². The van der Waals surface area contributed by atoms with E-state index in [9.17, 15) is 14.0 Å². The average molecular weight is 439 g/mol. The van der Waals surface area contributed by atoms with Gasteiger partial charge in [0, 0.05) is 20.1 Å². The van der Waals surface area contributed by atoms with Crippen molar-refractivity contribution in [2.24, 2.45) is 7.05 Å². The molecule has 3 heterocycles.